The normalized spacial score (nSPS) is 16.2. The van der Waals surface area contributed by atoms with Crippen molar-refractivity contribution >= 4 is 22.0 Å². The van der Waals surface area contributed by atoms with Gasteiger partial charge in [0.2, 0.25) is 15.9 Å². The second-order valence-corrected chi connectivity index (χ2v) is 9.16. The van der Waals surface area contributed by atoms with Crippen LogP contribution < -0.4 is 14.8 Å². The lowest BCUT2D eigenvalue weighted by molar-refractivity contribution is -0.116. The van der Waals surface area contributed by atoms with E-state index < -0.39 is 10.0 Å². The number of nitrogens with zero attached hydrogens (tertiary/aromatic N) is 1. The van der Waals surface area contributed by atoms with Crippen LogP contribution in [0.15, 0.2) is 45.7 Å². The van der Waals surface area contributed by atoms with Crippen LogP contribution in [-0.2, 0) is 19.6 Å². The molecule has 1 aromatic heterocycles. The van der Waals surface area contributed by atoms with Gasteiger partial charge in [0.15, 0.2) is 0 Å². The fraction of sp³-hybridized carbons (Fsp3) is 0.409. The Kier molecular flexibility index (Phi) is 8.08. The highest BCUT2D eigenvalue weighted by Crippen LogP contribution is 2.25. The van der Waals surface area contributed by atoms with Crippen LogP contribution in [-0.4, -0.2) is 66.2 Å². The predicted octanol–water partition coefficient (Wildman–Crippen LogP) is 1.71. The number of furan rings is 1. The van der Waals surface area contributed by atoms with E-state index in [9.17, 15) is 13.2 Å². The SMILES string of the molecule is CNS(=O)(=O)c1cc(/C=C/C(=O)NCC(c2ccc(C)o2)N2CCOCC2)ccc1OC. The second kappa shape index (κ2) is 10.8. The Balaban J connectivity index is 1.69. The van der Waals surface area contributed by atoms with Gasteiger partial charge in [-0.25, -0.2) is 13.1 Å². The molecule has 1 fully saturated rings. The van der Waals surface area contributed by atoms with Crippen molar-refractivity contribution in [2.24, 2.45) is 0 Å². The molecular formula is C22H29N3O6S. The van der Waals surface area contributed by atoms with Gasteiger partial charge in [0.25, 0.3) is 0 Å². The molecule has 1 aliphatic rings. The number of carbonyl (C=O) groups excluding carboxylic acids is 1. The Morgan fingerprint density at radius 1 is 1.25 bits per heavy atom. The lowest BCUT2D eigenvalue weighted by Gasteiger charge is -2.33. The number of ether oxygens (including phenoxy) is 2. The van der Waals surface area contributed by atoms with Gasteiger partial charge >= 0.3 is 0 Å². The van der Waals surface area contributed by atoms with Crippen LogP contribution in [0, 0.1) is 6.92 Å². The summed E-state index contributed by atoms with van der Waals surface area (Å²) in [6.45, 7) is 5.05. The molecule has 0 spiro atoms. The molecule has 1 aliphatic heterocycles. The maximum Gasteiger partial charge on any atom is 0.244 e. The highest BCUT2D eigenvalue weighted by atomic mass is 32.2. The second-order valence-electron chi connectivity index (χ2n) is 7.31. The summed E-state index contributed by atoms with van der Waals surface area (Å²) in [5.41, 5.74) is 0.557. The molecule has 0 bridgehead atoms. The fourth-order valence-corrected chi connectivity index (χ4v) is 4.40. The van der Waals surface area contributed by atoms with Crippen molar-refractivity contribution in [3.8, 4) is 5.75 Å². The molecule has 0 radical (unpaired) electrons. The molecule has 9 nitrogen and oxygen atoms in total. The number of rotatable bonds is 9. The third-order valence-corrected chi connectivity index (χ3v) is 6.65. The molecule has 1 atom stereocenters. The number of methoxy groups -OCH3 is 1. The number of hydrogen-bond donors (Lipinski definition) is 2. The van der Waals surface area contributed by atoms with Crippen molar-refractivity contribution in [3.05, 3.63) is 53.5 Å². The van der Waals surface area contributed by atoms with E-state index in [4.69, 9.17) is 13.9 Å². The van der Waals surface area contributed by atoms with Crippen molar-refractivity contribution in [2.45, 2.75) is 17.9 Å². The zero-order valence-electron chi connectivity index (χ0n) is 18.5. The van der Waals surface area contributed by atoms with E-state index in [1.54, 1.807) is 18.2 Å². The summed E-state index contributed by atoms with van der Waals surface area (Å²) in [6, 6.07) is 8.42. The molecular weight excluding hydrogens is 434 g/mol. The van der Waals surface area contributed by atoms with Gasteiger partial charge in [-0.05, 0) is 49.9 Å². The minimum absolute atomic E-state index is 0.00521. The Morgan fingerprint density at radius 2 is 2.00 bits per heavy atom. The molecule has 3 rings (SSSR count). The zero-order valence-corrected chi connectivity index (χ0v) is 19.3. The van der Waals surface area contributed by atoms with Crippen LogP contribution >= 0.6 is 0 Å². The predicted molar refractivity (Wildman–Crippen MR) is 120 cm³/mol. The van der Waals surface area contributed by atoms with E-state index >= 15 is 0 Å². The van der Waals surface area contributed by atoms with Crippen LogP contribution in [0.2, 0.25) is 0 Å². The van der Waals surface area contributed by atoms with Crippen molar-refractivity contribution in [1.82, 2.24) is 14.9 Å². The number of carbonyl (C=O) groups is 1. The van der Waals surface area contributed by atoms with Gasteiger partial charge in [0, 0.05) is 25.7 Å². The number of nitrogens with one attached hydrogen (secondary N) is 2. The van der Waals surface area contributed by atoms with Gasteiger partial charge in [-0.15, -0.1) is 0 Å². The Bertz CT molecular complexity index is 1060. The largest absolute Gasteiger partial charge is 0.495 e. The van der Waals surface area contributed by atoms with Gasteiger partial charge in [-0.2, -0.15) is 0 Å². The standard InChI is InChI=1S/C22H29N3O6S/c1-16-4-7-19(31-16)18(25-10-12-30-13-11-25)15-24-22(26)9-6-17-5-8-20(29-3)21(14-17)32(27,28)23-2/h4-9,14,18,23H,10-13,15H2,1-3H3,(H,24,26)/b9-6+. The number of benzene rings is 1. The van der Waals surface area contributed by atoms with E-state index in [1.165, 1.54) is 26.3 Å². The molecule has 1 unspecified atom stereocenters. The molecule has 0 saturated carbocycles. The molecule has 10 heteroatoms. The lowest BCUT2D eigenvalue weighted by atomic mass is 10.1. The average molecular weight is 464 g/mol. The molecule has 1 amide bonds. The molecule has 0 aliphatic carbocycles. The first-order valence-corrected chi connectivity index (χ1v) is 11.8. The molecule has 1 saturated heterocycles. The summed E-state index contributed by atoms with van der Waals surface area (Å²) in [7, 11) is -0.970. The summed E-state index contributed by atoms with van der Waals surface area (Å²) in [4.78, 5) is 14.7. The number of aryl methyl sites for hydroxylation is 1. The van der Waals surface area contributed by atoms with Crippen molar-refractivity contribution in [3.63, 3.8) is 0 Å². The summed E-state index contributed by atoms with van der Waals surface area (Å²) >= 11 is 0. The average Bonchev–Trinajstić information content (AvgIpc) is 3.24. The highest BCUT2D eigenvalue weighted by molar-refractivity contribution is 7.89. The van der Waals surface area contributed by atoms with Gasteiger partial charge in [0.1, 0.15) is 22.2 Å². The van der Waals surface area contributed by atoms with E-state index in [2.05, 4.69) is 14.9 Å². The monoisotopic (exact) mass is 463 g/mol. The third-order valence-electron chi connectivity index (χ3n) is 5.22. The quantitative estimate of drug-likeness (QED) is 0.545. The first kappa shape index (κ1) is 24.0. The van der Waals surface area contributed by atoms with Gasteiger partial charge in [-0.1, -0.05) is 6.07 Å². The fourth-order valence-electron chi connectivity index (χ4n) is 3.48. The lowest BCUT2D eigenvalue weighted by Crippen LogP contribution is -2.43. The van der Waals surface area contributed by atoms with E-state index in [0.717, 1.165) is 24.6 Å². The van der Waals surface area contributed by atoms with Gasteiger partial charge in [-0.3, -0.25) is 9.69 Å². The van der Waals surface area contributed by atoms with Crippen molar-refractivity contribution < 1.29 is 27.1 Å². The van der Waals surface area contributed by atoms with Crippen LogP contribution in [0.5, 0.6) is 5.75 Å². The first-order chi connectivity index (χ1) is 15.3. The van der Waals surface area contributed by atoms with Crippen molar-refractivity contribution in [1.29, 1.82) is 0 Å². The Hall–Kier alpha value is -2.66. The minimum Gasteiger partial charge on any atom is -0.495 e. The zero-order chi connectivity index (χ0) is 23.1. The number of hydrogen-bond acceptors (Lipinski definition) is 7. The molecule has 2 heterocycles. The summed E-state index contributed by atoms with van der Waals surface area (Å²) < 4.78 is 43.1. The highest BCUT2D eigenvalue weighted by Gasteiger charge is 2.25. The number of morpholine rings is 1. The molecule has 174 valence electrons. The van der Waals surface area contributed by atoms with Gasteiger partial charge in [0.05, 0.1) is 26.4 Å². The van der Waals surface area contributed by atoms with Crippen LogP contribution in [0.3, 0.4) is 0 Å². The van der Waals surface area contributed by atoms with E-state index in [1.807, 2.05) is 19.1 Å². The van der Waals surface area contributed by atoms with Crippen LogP contribution in [0.1, 0.15) is 23.1 Å². The third kappa shape index (κ3) is 5.98. The Labute approximate surface area is 188 Å². The van der Waals surface area contributed by atoms with Crippen LogP contribution in [0.4, 0.5) is 0 Å². The number of amides is 1. The summed E-state index contributed by atoms with van der Waals surface area (Å²) in [6.07, 6.45) is 2.94. The summed E-state index contributed by atoms with van der Waals surface area (Å²) in [5, 5.41) is 2.91. The number of sulfonamides is 1. The van der Waals surface area contributed by atoms with E-state index in [0.29, 0.717) is 25.3 Å². The maximum atomic E-state index is 12.5. The molecule has 32 heavy (non-hydrogen) atoms. The van der Waals surface area contributed by atoms with E-state index in [-0.39, 0.29) is 22.6 Å². The topological polar surface area (TPSA) is 110 Å². The molecule has 2 N–H and O–H groups in total. The minimum atomic E-state index is -3.70. The first-order valence-electron chi connectivity index (χ1n) is 10.3. The maximum absolute atomic E-state index is 12.5. The molecule has 2 aromatic rings. The Morgan fingerprint density at radius 3 is 2.62 bits per heavy atom. The van der Waals surface area contributed by atoms with Crippen LogP contribution in [0.25, 0.3) is 6.08 Å². The smallest absolute Gasteiger partial charge is 0.244 e. The summed E-state index contributed by atoms with van der Waals surface area (Å²) in [5.74, 6) is 1.55. The van der Waals surface area contributed by atoms with Gasteiger partial charge < -0.3 is 19.2 Å². The molecule has 1 aromatic carbocycles. The van der Waals surface area contributed by atoms with Crippen molar-refractivity contribution in [2.75, 3.05) is 47.0 Å².